The molecule has 0 atom stereocenters. The van der Waals surface area contributed by atoms with E-state index in [1.54, 1.807) is 22.9 Å². The number of nitrogens with zero attached hydrogens (tertiary/aromatic N) is 2. The summed E-state index contributed by atoms with van der Waals surface area (Å²) in [5.74, 6) is 0.359. The van der Waals surface area contributed by atoms with E-state index in [4.69, 9.17) is 11.5 Å². The number of amidine groups is 1. The molecule has 4 N–H and O–H groups in total. The van der Waals surface area contributed by atoms with Crippen molar-refractivity contribution in [1.29, 1.82) is 0 Å². The highest BCUT2D eigenvalue weighted by atomic mass is 127. The Morgan fingerprint density at radius 1 is 1.67 bits per heavy atom. The van der Waals surface area contributed by atoms with Crippen LogP contribution in [-0.4, -0.2) is 12.2 Å². The van der Waals surface area contributed by atoms with Crippen LogP contribution >= 0.6 is 22.9 Å². The number of halogens is 1. The van der Waals surface area contributed by atoms with Crippen molar-refractivity contribution in [3.8, 4) is 0 Å². The molecule has 4 nitrogen and oxygen atoms in total. The molecule has 0 aromatic rings. The Hall–Kier alpha value is -0.590. The third kappa shape index (κ3) is 3.07. The molecule has 0 saturated heterocycles. The summed E-state index contributed by atoms with van der Waals surface area (Å²) in [5.41, 5.74) is 10.5. The van der Waals surface area contributed by atoms with Crippen molar-refractivity contribution in [2.75, 3.05) is 0 Å². The summed E-state index contributed by atoms with van der Waals surface area (Å²) in [4.78, 5) is 3.61. The Kier molecular flexibility index (Phi) is 4.02. The fraction of sp³-hybridized carbons (Fsp3) is 0. The van der Waals surface area contributed by atoms with E-state index in [9.17, 15) is 0 Å². The van der Waals surface area contributed by atoms with Crippen LogP contribution in [0.2, 0.25) is 0 Å². The van der Waals surface area contributed by atoms with Crippen molar-refractivity contribution in [2.45, 2.75) is 0 Å². The quantitative estimate of drug-likeness (QED) is 0.388. The lowest BCUT2D eigenvalue weighted by atomic mass is 10.5. The molecule has 50 valence electrons. The van der Waals surface area contributed by atoms with Gasteiger partial charge in [0.1, 0.15) is 0 Å². The van der Waals surface area contributed by atoms with Crippen LogP contribution in [0.4, 0.5) is 0 Å². The van der Waals surface area contributed by atoms with Gasteiger partial charge in [-0.15, -0.1) is 0 Å². The maximum Gasteiger partial charge on any atom is 0.182 e. The SMILES string of the molecule is C=C(N)/C(N=CN)=N/I. The van der Waals surface area contributed by atoms with E-state index < -0.39 is 0 Å². The standard InChI is InChI=1S/C4H7IN4/c1-3(7)4(9-5)8-2-6/h2H,1,7H2,(H2,6,8,9). The van der Waals surface area contributed by atoms with Crippen LogP contribution in [0.1, 0.15) is 0 Å². The fourth-order valence-corrected chi connectivity index (χ4v) is 0.664. The first-order chi connectivity index (χ1) is 4.22. The average molecular weight is 238 g/mol. The molecule has 0 amide bonds. The summed E-state index contributed by atoms with van der Waals surface area (Å²) in [5, 5.41) is 0. The lowest BCUT2D eigenvalue weighted by Gasteiger charge is -1.92. The van der Waals surface area contributed by atoms with Crippen molar-refractivity contribution >= 4 is 35.0 Å². The first-order valence-corrected chi connectivity index (χ1v) is 3.06. The Bertz CT molecular complexity index is 160. The van der Waals surface area contributed by atoms with Gasteiger partial charge in [-0.05, 0) is 0 Å². The van der Waals surface area contributed by atoms with Crippen LogP contribution in [0, 0.1) is 0 Å². The normalized spacial score (nSPS) is 12.3. The summed E-state index contributed by atoms with van der Waals surface area (Å²) in [7, 11) is 0. The zero-order valence-electron chi connectivity index (χ0n) is 4.71. The van der Waals surface area contributed by atoms with Crippen molar-refractivity contribution in [1.82, 2.24) is 0 Å². The van der Waals surface area contributed by atoms with Gasteiger partial charge in [0.2, 0.25) is 0 Å². The third-order valence-corrected chi connectivity index (χ3v) is 1.02. The molecule has 0 heterocycles. The molecule has 0 aliphatic rings. The largest absolute Gasteiger partial charge is 0.396 e. The Balaban J connectivity index is 4.19. The molecule has 0 aromatic heterocycles. The summed E-state index contributed by atoms with van der Waals surface area (Å²) < 4.78 is 3.66. The molecule has 0 rings (SSSR count). The Labute approximate surface area is 67.2 Å². The number of hydrogen-bond donors (Lipinski definition) is 2. The van der Waals surface area contributed by atoms with Crippen molar-refractivity contribution < 1.29 is 0 Å². The smallest absolute Gasteiger partial charge is 0.182 e. The first kappa shape index (κ1) is 8.41. The van der Waals surface area contributed by atoms with Gasteiger partial charge < -0.3 is 11.5 Å². The second-order valence-corrected chi connectivity index (χ2v) is 1.69. The highest BCUT2D eigenvalue weighted by molar-refractivity contribution is 14.1. The van der Waals surface area contributed by atoms with Crippen LogP contribution in [0.5, 0.6) is 0 Å². The second kappa shape index (κ2) is 4.30. The molecular formula is C4H7IN4. The van der Waals surface area contributed by atoms with Gasteiger partial charge in [-0.2, -0.15) is 3.21 Å². The topological polar surface area (TPSA) is 76.8 Å². The molecule has 0 bridgehead atoms. The summed E-state index contributed by atoms with van der Waals surface area (Å²) in [6, 6.07) is 0. The van der Waals surface area contributed by atoms with E-state index in [1.165, 1.54) is 0 Å². The van der Waals surface area contributed by atoms with Crippen molar-refractivity contribution in [3.63, 3.8) is 0 Å². The fourth-order valence-electron chi connectivity index (χ4n) is 0.230. The van der Waals surface area contributed by atoms with E-state index in [1.807, 2.05) is 0 Å². The molecule has 0 radical (unpaired) electrons. The van der Waals surface area contributed by atoms with Crippen LogP contribution < -0.4 is 11.5 Å². The van der Waals surface area contributed by atoms with Gasteiger partial charge in [0.05, 0.1) is 34.9 Å². The number of rotatable bonds is 1. The van der Waals surface area contributed by atoms with Crippen LogP contribution in [0.3, 0.4) is 0 Å². The third-order valence-electron chi connectivity index (χ3n) is 0.564. The van der Waals surface area contributed by atoms with Gasteiger partial charge in [0, 0.05) is 0 Å². The lowest BCUT2D eigenvalue weighted by Crippen LogP contribution is -2.08. The zero-order valence-corrected chi connectivity index (χ0v) is 6.87. The van der Waals surface area contributed by atoms with Crippen LogP contribution in [0.15, 0.2) is 20.5 Å². The molecule has 0 fully saturated rings. The molecule has 0 saturated carbocycles. The van der Waals surface area contributed by atoms with E-state index >= 15 is 0 Å². The maximum absolute atomic E-state index is 5.23. The van der Waals surface area contributed by atoms with E-state index in [-0.39, 0.29) is 0 Å². The predicted octanol–water partition coefficient (Wildman–Crippen LogP) is 0.194. The highest BCUT2D eigenvalue weighted by Gasteiger charge is 1.92. The molecule has 5 heteroatoms. The van der Waals surface area contributed by atoms with Crippen molar-refractivity contribution in [3.05, 3.63) is 12.3 Å². The van der Waals surface area contributed by atoms with Gasteiger partial charge in [-0.25, -0.2) is 4.99 Å². The minimum absolute atomic E-state index is 0.311. The van der Waals surface area contributed by atoms with E-state index in [0.29, 0.717) is 11.5 Å². The molecule has 9 heavy (non-hydrogen) atoms. The van der Waals surface area contributed by atoms with E-state index in [0.717, 1.165) is 6.34 Å². The Morgan fingerprint density at radius 3 is 2.33 bits per heavy atom. The molecular weight excluding hydrogens is 231 g/mol. The Morgan fingerprint density at radius 2 is 2.22 bits per heavy atom. The van der Waals surface area contributed by atoms with Gasteiger partial charge in [-0.3, -0.25) is 0 Å². The number of hydrogen-bond acceptors (Lipinski definition) is 2. The first-order valence-electron chi connectivity index (χ1n) is 2.10. The minimum atomic E-state index is 0.311. The summed E-state index contributed by atoms with van der Waals surface area (Å²) in [6.45, 7) is 3.42. The monoisotopic (exact) mass is 238 g/mol. The number of nitrogens with two attached hydrogens (primary N) is 2. The summed E-state index contributed by atoms with van der Waals surface area (Å²) in [6.07, 6.45) is 1.12. The van der Waals surface area contributed by atoms with Crippen molar-refractivity contribution in [2.24, 2.45) is 19.7 Å². The zero-order chi connectivity index (χ0) is 7.28. The lowest BCUT2D eigenvalue weighted by molar-refractivity contribution is 1.45. The average Bonchev–Trinajstić information content (AvgIpc) is 1.82. The van der Waals surface area contributed by atoms with Gasteiger partial charge in [-0.1, -0.05) is 6.58 Å². The molecule has 0 unspecified atom stereocenters. The van der Waals surface area contributed by atoms with Crippen LogP contribution in [0.25, 0.3) is 0 Å². The predicted molar refractivity (Wildman–Crippen MR) is 47.5 cm³/mol. The summed E-state index contributed by atoms with van der Waals surface area (Å²) >= 11 is 1.77. The van der Waals surface area contributed by atoms with Gasteiger partial charge >= 0.3 is 0 Å². The number of aliphatic imine (C=N–C) groups is 1. The van der Waals surface area contributed by atoms with Crippen LogP contribution in [-0.2, 0) is 0 Å². The molecule has 0 aromatic carbocycles. The molecule has 0 aliphatic carbocycles. The second-order valence-electron chi connectivity index (χ2n) is 1.21. The van der Waals surface area contributed by atoms with Gasteiger partial charge in [0.15, 0.2) is 5.84 Å². The molecule has 0 aliphatic heterocycles. The minimum Gasteiger partial charge on any atom is -0.396 e. The highest BCUT2D eigenvalue weighted by Crippen LogP contribution is 1.93. The maximum atomic E-state index is 5.23. The van der Waals surface area contributed by atoms with Gasteiger partial charge in [0.25, 0.3) is 0 Å². The molecule has 0 spiro atoms. The van der Waals surface area contributed by atoms with E-state index in [2.05, 4.69) is 14.8 Å².